The summed E-state index contributed by atoms with van der Waals surface area (Å²) in [6, 6.07) is 4.97. The average molecular weight is 307 g/mol. The maximum atomic E-state index is 12.0. The van der Waals surface area contributed by atoms with E-state index in [1.807, 2.05) is 34.6 Å². The number of hydrogen-bond acceptors (Lipinski definition) is 4. The lowest BCUT2D eigenvalue weighted by Crippen LogP contribution is -2.27. The number of carbonyl (C=O) groups excluding carboxylic acids is 2. The predicted molar refractivity (Wildman–Crippen MR) is 86.2 cm³/mol. The van der Waals surface area contributed by atoms with Gasteiger partial charge in [0, 0.05) is 11.1 Å². The van der Waals surface area contributed by atoms with E-state index in [1.54, 1.807) is 18.2 Å². The third kappa shape index (κ3) is 4.76. The number of esters is 1. The fourth-order valence-electron chi connectivity index (χ4n) is 1.60. The molecule has 0 aromatic heterocycles. The van der Waals surface area contributed by atoms with Crippen molar-refractivity contribution in [2.75, 3.05) is 12.4 Å². The highest BCUT2D eigenvalue weighted by atomic mass is 16.5. The Kier molecular flexibility index (Phi) is 5.97. The van der Waals surface area contributed by atoms with Gasteiger partial charge in [0.05, 0.1) is 13.2 Å². The van der Waals surface area contributed by atoms with Crippen molar-refractivity contribution >= 4 is 17.6 Å². The Balaban J connectivity index is 3.09. The number of anilines is 1. The van der Waals surface area contributed by atoms with Gasteiger partial charge in [0.25, 0.3) is 0 Å². The summed E-state index contributed by atoms with van der Waals surface area (Å²) in [6.07, 6.45) is 0.807. The van der Waals surface area contributed by atoms with Crippen LogP contribution in [0.2, 0.25) is 0 Å². The molecule has 0 radical (unpaired) electrons. The Morgan fingerprint density at radius 3 is 2.41 bits per heavy atom. The first kappa shape index (κ1) is 18.0. The van der Waals surface area contributed by atoms with E-state index in [4.69, 9.17) is 9.47 Å². The SMILES string of the molecule is CC[C@H](C)Oc1ccc(NC(=O)C(C)(C)C)cc1C(=O)OC. The van der Waals surface area contributed by atoms with Gasteiger partial charge in [-0.15, -0.1) is 0 Å². The van der Waals surface area contributed by atoms with Crippen molar-refractivity contribution in [2.45, 2.75) is 47.1 Å². The molecular formula is C17H25NO4. The Hall–Kier alpha value is -2.04. The highest BCUT2D eigenvalue weighted by molar-refractivity contribution is 5.98. The van der Waals surface area contributed by atoms with Crippen LogP contribution in [-0.4, -0.2) is 25.1 Å². The molecule has 0 fully saturated rings. The maximum absolute atomic E-state index is 12.0. The summed E-state index contributed by atoms with van der Waals surface area (Å²) in [5.41, 5.74) is 0.323. The fourth-order valence-corrected chi connectivity index (χ4v) is 1.60. The summed E-state index contributed by atoms with van der Waals surface area (Å²) in [5.74, 6) is -0.168. The zero-order valence-electron chi connectivity index (χ0n) is 14.1. The van der Waals surface area contributed by atoms with Crippen LogP contribution in [0.1, 0.15) is 51.4 Å². The van der Waals surface area contributed by atoms with Crippen molar-refractivity contribution < 1.29 is 19.1 Å². The summed E-state index contributed by atoms with van der Waals surface area (Å²) in [7, 11) is 1.32. The topological polar surface area (TPSA) is 64.6 Å². The number of hydrogen-bond donors (Lipinski definition) is 1. The lowest BCUT2D eigenvalue weighted by atomic mass is 9.95. The molecule has 5 heteroatoms. The summed E-state index contributed by atoms with van der Waals surface area (Å²) < 4.78 is 10.5. The molecule has 0 bridgehead atoms. The molecule has 1 aromatic carbocycles. The van der Waals surface area contributed by atoms with Crippen molar-refractivity contribution in [3.8, 4) is 5.75 Å². The minimum atomic E-state index is -0.517. The number of benzene rings is 1. The number of rotatable bonds is 5. The number of carbonyl (C=O) groups is 2. The van der Waals surface area contributed by atoms with E-state index in [1.165, 1.54) is 7.11 Å². The van der Waals surface area contributed by atoms with Gasteiger partial charge in [0.1, 0.15) is 11.3 Å². The van der Waals surface area contributed by atoms with Crippen molar-refractivity contribution in [1.82, 2.24) is 0 Å². The lowest BCUT2D eigenvalue weighted by Gasteiger charge is -2.19. The smallest absolute Gasteiger partial charge is 0.341 e. The van der Waals surface area contributed by atoms with E-state index in [0.717, 1.165) is 6.42 Å². The van der Waals surface area contributed by atoms with Crippen molar-refractivity contribution in [2.24, 2.45) is 5.41 Å². The van der Waals surface area contributed by atoms with Gasteiger partial charge in [-0.3, -0.25) is 4.79 Å². The van der Waals surface area contributed by atoms with E-state index in [-0.39, 0.29) is 12.0 Å². The van der Waals surface area contributed by atoms with Gasteiger partial charge < -0.3 is 14.8 Å². The highest BCUT2D eigenvalue weighted by Crippen LogP contribution is 2.26. The largest absolute Gasteiger partial charge is 0.490 e. The van der Waals surface area contributed by atoms with Crippen molar-refractivity contribution in [3.63, 3.8) is 0 Å². The van der Waals surface area contributed by atoms with E-state index >= 15 is 0 Å². The standard InChI is InChI=1S/C17H25NO4/c1-7-11(2)22-14-9-8-12(10-13(14)15(19)21-6)18-16(20)17(3,4)5/h8-11H,7H2,1-6H3,(H,18,20)/t11-/m0/s1. The molecule has 1 rings (SSSR count). The zero-order valence-corrected chi connectivity index (χ0v) is 14.1. The van der Waals surface area contributed by atoms with Crippen molar-refractivity contribution in [3.05, 3.63) is 23.8 Å². The van der Waals surface area contributed by atoms with Crippen molar-refractivity contribution in [1.29, 1.82) is 0 Å². The molecule has 22 heavy (non-hydrogen) atoms. The molecule has 0 spiro atoms. The van der Waals surface area contributed by atoms with E-state index in [0.29, 0.717) is 17.0 Å². The molecule has 1 aromatic rings. The summed E-state index contributed by atoms with van der Waals surface area (Å²) >= 11 is 0. The fraction of sp³-hybridized carbons (Fsp3) is 0.529. The first-order valence-electron chi connectivity index (χ1n) is 7.39. The molecule has 0 aliphatic rings. The van der Waals surface area contributed by atoms with Crippen LogP contribution in [0.4, 0.5) is 5.69 Å². The molecular weight excluding hydrogens is 282 g/mol. The van der Waals surface area contributed by atoms with Crippen LogP contribution < -0.4 is 10.1 Å². The molecule has 1 atom stereocenters. The van der Waals surface area contributed by atoms with Crippen LogP contribution in [0.3, 0.4) is 0 Å². The van der Waals surface area contributed by atoms with Gasteiger partial charge in [-0.2, -0.15) is 0 Å². The first-order valence-corrected chi connectivity index (χ1v) is 7.39. The predicted octanol–water partition coefficient (Wildman–Crippen LogP) is 3.64. The monoisotopic (exact) mass is 307 g/mol. The van der Waals surface area contributed by atoms with E-state index in [2.05, 4.69) is 5.32 Å². The number of methoxy groups -OCH3 is 1. The number of ether oxygens (including phenoxy) is 2. The van der Waals surface area contributed by atoms with E-state index < -0.39 is 11.4 Å². The second-order valence-corrected chi connectivity index (χ2v) is 6.24. The maximum Gasteiger partial charge on any atom is 0.341 e. The molecule has 1 N–H and O–H groups in total. The number of nitrogens with one attached hydrogen (secondary N) is 1. The summed E-state index contributed by atoms with van der Waals surface area (Å²) in [5, 5.41) is 2.79. The van der Waals surface area contributed by atoms with Gasteiger partial charge in [0.15, 0.2) is 0 Å². The summed E-state index contributed by atoms with van der Waals surface area (Å²) in [6.45, 7) is 9.40. The van der Waals surface area contributed by atoms with Gasteiger partial charge in [-0.25, -0.2) is 4.79 Å². The minimum absolute atomic E-state index is 0.0153. The molecule has 0 aliphatic heterocycles. The molecule has 0 saturated heterocycles. The average Bonchev–Trinajstić information content (AvgIpc) is 2.46. The summed E-state index contributed by atoms with van der Waals surface area (Å²) in [4.78, 5) is 24.0. The van der Waals surface area contributed by atoms with Crippen LogP contribution in [0.15, 0.2) is 18.2 Å². The Bertz CT molecular complexity index is 546. The van der Waals surface area contributed by atoms with Crippen LogP contribution in [0.5, 0.6) is 5.75 Å². The van der Waals surface area contributed by atoms with Gasteiger partial charge >= 0.3 is 5.97 Å². The molecule has 0 aliphatic carbocycles. The highest BCUT2D eigenvalue weighted by Gasteiger charge is 2.22. The first-order chi connectivity index (χ1) is 10.2. The third-order valence-electron chi connectivity index (χ3n) is 3.23. The lowest BCUT2D eigenvalue weighted by molar-refractivity contribution is -0.123. The van der Waals surface area contributed by atoms with Crippen LogP contribution in [-0.2, 0) is 9.53 Å². The van der Waals surface area contributed by atoms with Crippen LogP contribution in [0.25, 0.3) is 0 Å². The Morgan fingerprint density at radius 1 is 1.27 bits per heavy atom. The van der Waals surface area contributed by atoms with Gasteiger partial charge in [-0.05, 0) is 31.5 Å². The quantitative estimate of drug-likeness (QED) is 0.844. The van der Waals surface area contributed by atoms with Crippen LogP contribution in [0, 0.1) is 5.41 Å². The molecule has 0 saturated carbocycles. The molecule has 1 amide bonds. The third-order valence-corrected chi connectivity index (χ3v) is 3.23. The normalized spacial score (nSPS) is 12.5. The molecule has 0 heterocycles. The van der Waals surface area contributed by atoms with Gasteiger partial charge in [0.2, 0.25) is 5.91 Å². The minimum Gasteiger partial charge on any atom is -0.490 e. The second kappa shape index (κ2) is 7.29. The molecule has 122 valence electrons. The second-order valence-electron chi connectivity index (χ2n) is 6.24. The van der Waals surface area contributed by atoms with Crippen LogP contribution >= 0.6 is 0 Å². The number of amides is 1. The molecule has 0 unspecified atom stereocenters. The van der Waals surface area contributed by atoms with E-state index in [9.17, 15) is 9.59 Å². The Morgan fingerprint density at radius 2 is 1.91 bits per heavy atom. The Labute approximate surface area is 132 Å². The van der Waals surface area contributed by atoms with Gasteiger partial charge in [-0.1, -0.05) is 27.7 Å². The molecule has 5 nitrogen and oxygen atoms in total. The zero-order chi connectivity index (χ0) is 16.9.